The Bertz CT molecular complexity index is 787. The number of morpholine rings is 2. The maximum atomic E-state index is 6.01. The molecule has 2 aliphatic rings. The van der Waals surface area contributed by atoms with E-state index in [0.29, 0.717) is 49.3 Å². The fourth-order valence-electron chi connectivity index (χ4n) is 2.96. The molecule has 0 spiro atoms. The third kappa shape index (κ3) is 4.86. The first-order chi connectivity index (χ1) is 13.8. The van der Waals surface area contributed by atoms with Gasteiger partial charge in [0, 0.05) is 31.2 Å². The molecule has 9 nitrogen and oxygen atoms in total. The van der Waals surface area contributed by atoms with Crippen molar-refractivity contribution in [3.63, 3.8) is 0 Å². The van der Waals surface area contributed by atoms with Crippen LogP contribution in [0.2, 0.25) is 5.02 Å². The van der Waals surface area contributed by atoms with Crippen molar-refractivity contribution in [1.29, 1.82) is 0 Å². The lowest BCUT2D eigenvalue weighted by atomic mass is 10.2. The number of nitrogens with one attached hydrogen (secondary N) is 1. The van der Waals surface area contributed by atoms with Gasteiger partial charge in [-0.1, -0.05) is 23.7 Å². The van der Waals surface area contributed by atoms with Gasteiger partial charge in [0.2, 0.25) is 17.8 Å². The molecule has 1 aromatic heterocycles. The van der Waals surface area contributed by atoms with E-state index in [1.807, 2.05) is 24.3 Å². The molecule has 0 atom stereocenters. The Morgan fingerprint density at radius 2 is 1.54 bits per heavy atom. The first-order valence-electron chi connectivity index (χ1n) is 9.24. The zero-order chi connectivity index (χ0) is 19.2. The van der Waals surface area contributed by atoms with Crippen LogP contribution < -0.4 is 15.2 Å². The quantitative estimate of drug-likeness (QED) is 0.595. The van der Waals surface area contributed by atoms with Crippen LogP contribution in [0.4, 0.5) is 17.8 Å². The van der Waals surface area contributed by atoms with E-state index in [2.05, 4.69) is 35.3 Å². The van der Waals surface area contributed by atoms with Gasteiger partial charge >= 0.3 is 0 Å². The van der Waals surface area contributed by atoms with Crippen LogP contribution in [0.25, 0.3) is 0 Å². The summed E-state index contributed by atoms with van der Waals surface area (Å²) >= 11 is 6.01. The van der Waals surface area contributed by atoms with Crippen molar-refractivity contribution in [2.24, 2.45) is 5.10 Å². The Labute approximate surface area is 168 Å². The molecule has 0 bridgehead atoms. The number of hydrogen-bond acceptors (Lipinski definition) is 9. The fourth-order valence-corrected chi connectivity index (χ4v) is 3.16. The van der Waals surface area contributed by atoms with Crippen molar-refractivity contribution in [3.8, 4) is 0 Å². The lowest BCUT2D eigenvalue weighted by Gasteiger charge is -2.30. The highest BCUT2D eigenvalue weighted by Gasteiger charge is 2.20. The van der Waals surface area contributed by atoms with Gasteiger partial charge in [-0.2, -0.15) is 20.1 Å². The summed E-state index contributed by atoms with van der Waals surface area (Å²) in [5.74, 6) is 1.65. The molecule has 148 valence electrons. The van der Waals surface area contributed by atoms with E-state index in [4.69, 9.17) is 21.1 Å². The summed E-state index contributed by atoms with van der Waals surface area (Å²) in [6.45, 7) is 5.64. The maximum absolute atomic E-state index is 6.01. The van der Waals surface area contributed by atoms with E-state index in [9.17, 15) is 0 Å². The minimum absolute atomic E-state index is 0.399. The molecule has 28 heavy (non-hydrogen) atoms. The molecule has 4 rings (SSSR count). The summed E-state index contributed by atoms with van der Waals surface area (Å²) < 4.78 is 10.9. The number of hydrogen-bond donors (Lipinski definition) is 1. The Balaban J connectivity index is 1.55. The zero-order valence-corrected chi connectivity index (χ0v) is 16.2. The van der Waals surface area contributed by atoms with Crippen molar-refractivity contribution < 1.29 is 9.47 Å². The van der Waals surface area contributed by atoms with Crippen molar-refractivity contribution in [1.82, 2.24) is 15.0 Å². The highest BCUT2D eigenvalue weighted by Crippen LogP contribution is 2.18. The first kappa shape index (κ1) is 18.9. The van der Waals surface area contributed by atoms with Gasteiger partial charge in [-0.3, -0.25) is 0 Å². The molecule has 10 heteroatoms. The number of aromatic nitrogens is 3. The second-order valence-electron chi connectivity index (χ2n) is 6.38. The summed E-state index contributed by atoms with van der Waals surface area (Å²) in [6.07, 6.45) is 1.68. The lowest BCUT2D eigenvalue weighted by Crippen LogP contribution is -2.40. The molecular weight excluding hydrogens is 382 g/mol. The molecule has 1 aromatic carbocycles. The monoisotopic (exact) mass is 403 g/mol. The van der Waals surface area contributed by atoms with E-state index in [1.165, 1.54) is 0 Å². The largest absolute Gasteiger partial charge is 0.378 e. The number of nitrogens with zero attached hydrogens (tertiary/aromatic N) is 6. The molecule has 2 saturated heterocycles. The zero-order valence-electron chi connectivity index (χ0n) is 15.4. The summed E-state index contributed by atoms with van der Waals surface area (Å²) in [7, 11) is 0. The third-order valence-corrected chi connectivity index (χ3v) is 4.66. The summed E-state index contributed by atoms with van der Waals surface area (Å²) in [4.78, 5) is 17.9. The van der Waals surface area contributed by atoms with Crippen LogP contribution in [0.1, 0.15) is 5.56 Å². The molecule has 1 N–H and O–H groups in total. The molecule has 2 fully saturated rings. The van der Waals surface area contributed by atoms with Gasteiger partial charge < -0.3 is 19.3 Å². The summed E-state index contributed by atoms with van der Waals surface area (Å²) in [6, 6.07) is 7.45. The van der Waals surface area contributed by atoms with Crippen molar-refractivity contribution in [2.75, 3.05) is 67.8 Å². The topological polar surface area (TPSA) is 88.0 Å². The number of anilines is 3. The van der Waals surface area contributed by atoms with Crippen LogP contribution in [-0.4, -0.2) is 73.8 Å². The molecule has 0 amide bonds. The fraction of sp³-hybridized carbons (Fsp3) is 0.444. The minimum Gasteiger partial charge on any atom is -0.378 e. The third-order valence-electron chi connectivity index (χ3n) is 4.43. The lowest BCUT2D eigenvalue weighted by molar-refractivity contribution is 0.121. The Hall–Kier alpha value is -2.49. The van der Waals surface area contributed by atoms with Crippen LogP contribution >= 0.6 is 11.6 Å². The Morgan fingerprint density at radius 1 is 0.929 bits per heavy atom. The van der Waals surface area contributed by atoms with Crippen molar-refractivity contribution >= 4 is 35.7 Å². The molecule has 3 heterocycles. The molecule has 0 aliphatic carbocycles. The second-order valence-corrected chi connectivity index (χ2v) is 6.82. The highest BCUT2D eigenvalue weighted by atomic mass is 35.5. The van der Waals surface area contributed by atoms with Gasteiger partial charge in [-0.25, -0.2) is 5.43 Å². The number of ether oxygens (including phenoxy) is 2. The van der Waals surface area contributed by atoms with Crippen LogP contribution in [0.5, 0.6) is 0 Å². The van der Waals surface area contributed by atoms with Crippen molar-refractivity contribution in [3.05, 3.63) is 34.9 Å². The normalized spacial score (nSPS) is 17.9. The molecule has 2 aromatic rings. The number of halogens is 1. The van der Waals surface area contributed by atoms with Crippen LogP contribution in [0.15, 0.2) is 29.4 Å². The van der Waals surface area contributed by atoms with Gasteiger partial charge in [0.1, 0.15) is 0 Å². The molecule has 0 saturated carbocycles. The highest BCUT2D eigenvalue weighted by molar-refractivity contribution is 6.30. The van der Waals surface area contributed by atoms with E-state index in [-0.39, 0.29) is 0 Å². The van der Waals surface area contributed by atoms with E-state index in [0.717, 1.165) is 31.7 Å². The summed E-state index contributed by atoms with van der Waals surface area (Å²) in [5.41, 5.74) is 3.80. The first-order valence-corrected chi connectivity index (χ1v) is 9.62. The second kappa shape index (κ2) is 9.13. The average Bonchev–Trinajstić information content (AvgIpc) is 2.75. The van der Waals surface area contributed by atoms with E-state index in [1.54, 1.807) is 6.21 Å². The predicted molar refractivity (Wildman–Crippen MR) is 109 cm³/mol. The minimum atomic E-state index is 0.399. The average molecular weight is 404 g/mol. The van der Waals surface area contributed by atoms with Crippen LogP contribution in [0.3, 0.4) is 0 Å². The summed E-state index contributed by atoms with van der Waals surface area (Å²) in [5, 5.41) is 4.91. The van der Waals surface area contributed by atoms with E-state index >= 15 is 0 Å². The van der Waals surface area contributed by atoms with Gasteiger partial charge in [0.15, 0.2) is 0 Å². The van der Waals surface area contributed by atoms with Gasteiger partial charge in [0.25, 0.3) is 0 Å². The Kier molecular flexibility index (Phi) is 6.15. The standard InChI is InChI=1S/C18H22ClN7O2/c19-15-3-1-2-14(12-15)13-20-24-16-21-17(25-4-8-27-9-5-25)23-18(22-16)26-6-10-28-11-7-26/h1-3,12-13H,4-11H2,(H,21,22,23,24). The van der Waals surface area contributed by atoms with Crippen molar-refractivity contribution in [2.45, 2.75) is 0 Å². The maximum Gasteiger partial charge on any atom is 0.250 e. The number of rotatable bonds is 5. The van der Waals surface area contributed by atoms with E-state index < -0.39 is 0 Å². The molecule has 2 aliphatic heterocycles. The Morgan fingerprint density at radius 3 is 2.11 bits per heavy atom. The number of benzene rings is 1. The number of hydrazone groups is 1. The SMILES string of the molecule is Clc1cccc(C=NNc2nc(N3CCOCC3)nc(N3CCOCC3)n2)c1. The molecule has 0 radical (unpaired) electrons. The van der Waals surface area contributed by atoms with Gasteiger partial charge in [0.05, 0.1) is 32.6 Å². The molecular formula is C18H22ClN7O2. The van der Waals surface area contributed by atoms with Crippen LogP contribution in [-0.2, 0) is 9.47 Å². The van der Waals surface area contributed by atoms with Gasteiger partial charge in [-0.15, -0.1) is 0 Å². The smallest absolute Gasteiger partial charge is 0.250 e. The molecule has 0 unspecified atom stereocenters. The predicted octanol–water partition coefficient (Wildman–Crippen LogP) is 1.64. The van der Waals surface area contributed by atoms with Crippen LogP contribution in [0, 0.1) is 0 Å². The van der Waals surface area contributed by atoms with Gasteiger partial charge in [-0.05, 0) is 17.7 Å².